The number of nitro groups is 1. The zero-order valence-corrected chi connectivity index (χ0v) is 21.3. The van der Waals surface area contributed by atoms with Crippen molar-refractivity contribution in [1.82, 2.24) is 14.4 Å². The van der Waals surface area contributed by atoms with E-state index in [9.17, 15) is 10.1 Å². The summed E-state index contributed by atoms with van der Waals surface area (Å²) in [6.07, 6.45) is 4.14. The van der Waals surface area contributed by atoms with Crippen molar-refractivity contribution < 1.29 is 9.49 Å². The molecule has 7 nitrogen and oxygen atoms in total. The molecule has 2 aliphatic rings. The molecule has 3 atom stereocenters. The quantitative estimate of drug-likeness (QED) is 0.218. The largest absolute Gasteiger partial charge is 0.286 e. The molecule has 1 saturated carbocycles. The zero-order valence-electron chi connectivity index (χ0n) is 20.4. The average molecular weight is 505 g/mol. The third-order valence-electron chi connectivity index (χ3n) is 7.39. The highest BCUT2D eigenvalue weighted by Gasteiger charge is 2.56. The fourth-order valence-electron chi connectivity index (χ4n) is 5.71. The van der Waals surface area contributed by atoms with Crippen molar-refractivity contribution in [1.29, 1.82) is 0 Å². The molecule has 0 unspecified atom stereocenters. The van der Waals surface area contributed by atoms with Crippen molar-refractivity contribution in [2.24, 2.45) is 0 Å². The maximum atomic E-state index is 15.3. The Morgan fingerprint density at radius 2 is 1.25 bits per heavy atom. The molecule has 5 rings (SSSR count). The van der Waals surface area contributed by atoms with Gasteiger partial charge in [-0.25, -0.2) is 14.4 Å². The topological polar surface area (TPSA) is 78.7 Å². The summed E-state index contributed by atoms with van der Waals surface area (Å²) in [6.45, 7) is 0.747. The van der Waals surface area contributed by atoms with Gasteiger partial charge in [-0.2, -0.15) is 0 Å². The summed E-state index contributed by atoms with van der Waals surface area (Å²) in [6, 6.07) is 29.2. The Kier molecular flexibility index (Phi) is 7.63. The summed E-state index contributed by atoms with van der Waals surface area (Å²) < 4.78 is 19.6. The van der Waals surface area contributed by atoms with Crippen molar-refractivity contribution in [3.63, 3.8) is 0 Å². The Morgan fingerprint density at radius 1 is 0.806 bits per heavy atom. The average Bonchev–Trinajstić information content (AvgIpc) is 3.12. The summed E-state index contributed by atoms with van der Waals surface area (Å²) in [7, 11) is -3.39. The Hall–Kier alpha value is -2.83. The van der Waals surface area contributed by atoms with E-state index in [0.717, 1.165) is 42.4 Å². The maximum Gasteiger partial charge on any atom is 0.286 e. The van der Waals surface area contributed by atoms with E-state index in [1.54, 1.807) is 0 Å². The molecule has 1 aliphatic carbocycles. The molecule has 0 spiro atoms. The normalized spacial score (nSPS) is 22.7. The molecule has 3 aromatic rings. The Labute approximate surface area is 212 Å². The number of fused-ring (bicyclic) bond motifs is 1. The van der Waals surface area contributed by atoms with Gasteiger partial charge in [0.1, 0.15) is 6.04 Å². The van der Waals surface area contributed by atoms with Crippen LogP contribution in [0.25, 0.3) is 0 Å². The molecule has 8 heteroatoms. The van der Waals surface area contributed by atoms with Gasteiger partial charge in [-0.15, -0.1) is 0 Å². The highest BCUT2D eigenvalue weighted by atomic mass is 31.2. The number of rotatable bonds is 9. The SMILES string of the molecule is O=[N+]([O-])C[C@@H](NP1(=O)N(Cc2ccccc2)[C@@H]2CCCC[C@H]2N1Cc1ccccc1)c1ccccc1. The fourth-order valence-corrected chi connectivity index (χ4v) is 8.99. The third-order valence-corrected chi connectivity index (χ3v) is 10.3. The van der Waals surface area contributed by atoms with Crippen LogP contribution in [0.5, 0.6) is 0 Å². The standard InChI is InChI=1S/C28H33N4O3P/c33-32(34)22-26(25-16-8-3-9-17-25)29-36(35)30(20-23-12-4-1-5-13-23)27-18-10-11-19-28(27)31(36)21-24-14-6-2-7-15-24/h1-9,12-17,26-28H,10-11,18-22H2,(H,29,35)/t26-,27-,28-/m1/s1. The molecular formula is C28H33N4O3P. The molecule has 1 heterocycles. The zero-order chi connectivity index (χ0) is 25.0. The minimum atomic E-state index is -3.39. The van der Waals surface area contributed by atoms with Gasteiger partial charge in [0.25, 0.3) is 7.59 Å². The first-order chi connectivity index (χ1) is 17.5. The lowest BCUT2D eigenvalue weighted by molar-refractivity contribution is -0.484. The van der Waals surface area contributed by atoms with Gasteiger partial charge in [-0.1, -0.05) is 104 Å². The molecule has 0 aromatic heterocycles. The molecule has 0 amide bonds. The number of hydrogen-bond donors (Lipinski definition) is 1. The Morgan fingerprint density at radius 3 is 1.69 bits per heavy atom. The van der Waals surface area contributed by atoms with E-state index in [2.05, 4.69) is 38.7 Å². The first-order valence-electron chi connectivity index (χ1n) is 12.7. The predicted molar refractivity (Wildman–Crippen MR) is 142 cm³/mol. The van der Waals surface area contributed by atoms with E-state index in [0.29, 0.717) is 13.1 Å². The molecule has 36 heavy (non-hydrogen) atoms. The Balaban J connectivity index is 1.57. The van der Waals surface area contributed by atoms with Crippen molar-refractivity contribution >= 4 is 7.59 Å². The van der Waals surface area contributed by atoms with Gasteiger partial charge in [0.05, 0.1) is 0 Å². The van der Waals surface area contributed by atoms with E-state index in [4.69, 9.17) is 0 Å². The van der Waals surface area contributed by atoms with Crippen molar-refractivity contribution in [2.75, 3.05) is 6.54 Å². The van der Waals surface area contributed by atoms with Crippen LogP contribution in [0.15, 0.2) is 91.0 Å². The van der Waals surface area contributed by atoms with Crippen molar-refractivity contribution in [3.05, 3.63) is 118 Å². The second-order valence-electron chi connectivity index (χ2n) is 9.74. The fraction of sp³-hybridized carbons (Fsp3) is 0.357. The van der Waals surface area contributed by atoms with Gasteiger partial charge in [0.15, 0.2) is 0 Å². The maximum absolute atomic E-state index is 15.3. The van der Waals surface area contributed by atoms with Crippen LogP contribution in [0.3, 0.4) is 0 Å². The van der Waals surface area contributed by atoms with Gasteiger partial charge < -0.3 is 0 Å². The molecule has 2 fully saturated rings. The lowest BCUT2D eigenvalue weighted by Crippen LogP contribution is -2.39. The second kappa shape index (κ2) is 11.1. The smallest absolute Gasteiger partial charge is 0.270 e. The molecule has 1 N–H and O–H groups in total. The molecule has 1 aliphatic heterocycles. The summed E-state index contributed by atoms with van der Waals surface area (Å²) in [5.41, 5.74) is 2.96. The minimum Gasteiger partial charge on any atom is -0.270 e. The minimum absolute atomic E-state index is 0.132. The van der Waals surface area contributed by atoms with Gasteiger partial charge in [-0.3, -0.25) is 14.7 Å². The molecule has 1 saturated heterocycles. The van der Waals surface area contributed by atoms with Gasteiger partial charge in [-0.05, 0) is 29.5 Å². The first kappa shape index (κ1) is 24.8. The van der Waals surface area contributed by atoms with Gasteiger partial charge >= 0.3 is 0 Å². The van der Waals surface area contributed by atoms with E-state index < -0.39 is 13.6 Å². The van der Waals surface area contributed by atoms with Gasteiger partial charge in [0.2, 0.25) is 6.54 Å². The van der Waals surface area contributed by atoms with Crippen molar-refractivity contribution in [2.45, 2.75) is 56.9 Å². The summed E-state index contributed by atoms with van der Waals surface area (Å²) in [5.74, 6) is 0. The number of nitrogens with one attached hydrogen (secondary N) is 1. The van der Waals surface area contributed by atoms with Crippen LogP contribution >= 0.6 is 7.59 Å². The van der Waals surface area contributed by atoms with Crippen LogP contribution in [0.4, 0.5) is 0 Å². The lowest BCUT2D eigenvalue weighted by atomic mass is 9.90. The summed E-state index contributed by atoms with van der Waals surface area (Å²) in [4.78, 5) is 11.4. The van der Waals surface area contributed by atoms with E-state index in [1.165, 1.54) is 0 Å². The molecule has 188 valence electrons. The predicted octanol–water partition coefficient (Wildman–Crippen LogP) is 6.03. The highest BCUT2D eigenvalue weighted by Crippen LogP contribution is 2.63. The van der Waals surface area contributed by atoms with Crippen LogP contribution in [-0.4, -0.2) is 32.9 Å². The first-order valence-corrected chi connectivity index (χ1v) is 14.3. The lowest BCUT2D eigenvalue weighted by Gasteiger charge is -2.34. The summed E-state index contributed by atoms with van der Waals surface area (Å²) >= 11 is 0. The highest BCUT2D eigenvalue weighted by molar-refractivity contribution is 7.57. The molecule has 0 radical (unpaired) electrons. The third kappa shape index (κ3) is 5.30. The summed E-state index contributed by atoms with van der Waals surface area (Å²) in [5, 5.41) is 15.1. The number of nitrogens with zero attached hydrogens (tertiary/aromatic N) is 3. The molecule has 0 bridgehead atoms. The van der Waals surface area contributed by atoms with E-state index in [-0.39, 0.29) is 23.6 Å². The van der Waals surface area contributed by atoms with Crippen molar-refractivity contribution in [3.8, 4) is 0 Å². The van der Waals surface area contributed by atoms with E-state index >= 15 is 4.57 Å². The molecule has 3 aromatic carbocycles. The second-order valence-corrected chi connectivity index (χ2v) is 12.1. The van der Waals surface area contributed by atoms with Gasteiger partial charge in [0, 0.05) is 30.1 Å². The van der Waals surface area contributed by atoms with Crippen LogP contribution < -0.4 is 5.09 Å². The van der Waals surface area contributed by atoms with Crippen LogP contribution in [0, 0.1) is 10.1 Å². The Bertz CT molecular complexity index is 1130. The monoisotopic (exact) mass is 504 g/mol. The van der Waals surface area contributed by atoms with Crippen LogP contribution in [-0.2, 0) is 17.7 Å². The van der Waals surface area contributed by atoms with Crippen LogP contribution in [0.2, 0.25) is 0 Å². The number of benzene rings is 3. The molecular weight excluding hydrogens is 471 g/mol. The van der Waals surface area contributed by atoms with Crippen LogP contribution in [0.1, 0.15) is 48.4 Å². The van der Waals surface area contributed by atoms with E-state index in [1.807, 2.05) is 66.7 Å². The number of hydrogen-bond acceptors (Lipinski definition) is 3.